The highest BCUT2D eigenvalue weighted by Crippen LogP contribution is 2.30. The van der Waals surface area contributed by atoms with Crippen molar-refractivity contribution in [3.8, 4) is 5.75 Å². The number of aryl methyl sites for hydroxylation is 2. The van der Waals surface area contributed by atoms with Gasteiger partial charge in [-0.05, 0) is 57.0 Å². The summed E-state index contributed by atoms with van der Waals surface area (Å²) in [6.07, 6.45) is 1.80. The number of hydrogen-bond donors (Lipinski definition) is 2. The lowest BCUT2D eigenvalue weighted by Crippen LogP contribution is -2.34. The molecule has 1 amide bonds. The molecule has 0 bridgehead atoms. The number of piperidine rings is 1. The first-order valence-corrected chi connectivity index (χ1v) is 6.78. The lowest BCUT2D eigenvalue weighted by atomic mass is 9.97. The van der Waals surface area contributed by atoms with Crippen LogP contribution >= 0.6 is 0 Å². The van der Waals surface area contributed by atoms with Gasteiger partial charge in [-0.15, -0.1) is 0 Å². The molecule has 1 saturated heterocycles. The molecule has 4 nitrogen and oxygen atoms in total. The fraction of sp³-hybridized carbons (Fsp3) is 0.533. The molecule has 0 atom stereocenters. The van der Waals surface area contributed by atoms with Gasteiger partial charge in [-0.1, -0.05) is 6.07 Å². The van der Waals surface area contributed by atoms with Crippen LogP contribution in [0.5, 0.6) is 5.75 Å². The van der Waals surface area contributed by atoms with Crippen LogP contribution in [0.2, 0.25) is 0 Å². The predicted octanol–water partition coefficient (Wildman–Crippen LogP) is 2.25. The van der Waals surface area contributed by atoms with Crippen molar-refractivity contribution in [3.63, 3.8) is 0 Å². The largest absolute Gasteiger partial charge is 0.494 e. The van der Waals surface area contributed by atoms with Crippen molar-refractivity contribution in [1.29, 1.82) is 0 Å². The van der Waals surface area contributed by atoms with Crippen LogP contribution in [0.1, 0.15) is 24.0 Å². The smallest absolute Gasteiger partial charge is 0.227 e. The Kier molecular flexibility index (Phi) is 4.43. The molecule has 1 fully saturated rings. The van der Waals surface area contributed by atoms with Gasteiger partial charge < -0.3 is 15.4 Å². The second-order valence-corrected chi connectivity index (χ2v) is 5.18. The number of nitrogens with one attached hydrogen (secondary N) is 2. The van der Waals surface area contributed by atoms with Crippen LogP contribution in [0.25, 0.3) is 0 Å². The maximum absolute atomic E-state index is 12.3. The molecule has 19 heavy (non-hydrogen) atoms. The molecule has 0 radical (unpaired) electrons. The van der Waals surface area contributed by atoms with E-state index in [1.54, 1.807) is 7.11 Å². The molecule has 1 heterocycles. The molecule has 0 aliphatic carbocycles. The van der Waals surface area contributed by atoms with Crippen LogP contribution in [0, 0.1) is 19.8 Å². The number of amides is 1. The van der Waals surface area contributed by atoms with E-state index in [2.05, 4.69) is 16.7 Å². The monoisotopic (exact) mass is 262 g/mol. The molecule has 1 aliphatic heterocycles. The Bertz CT molecular complexity index is 465. The molecule has 104 valence electrons. The molecular formula is C15H22N2O2. The summed E-state index contributed by atoms with van der Waals surface area (Å²) in [4.78, 5) is 12.3. The molecule has 0 spiro atoms. The van der Waals surface area contributed by atoms with Crippen molar-refractivity contribution in [3.05, 3.63) is 23.3 Å². The first-order chi connectivity index (χ1) is 9.11. The van der Waals surface area contributed by atoms with Crippen molar-refractivity contribution >= 4 is 11.6 Å². The third-order valence-electron chi connectivity index (χ3n) is 3.59. The minimum atomic E-state index is 0.102. The highest BCUT2D eigenvalue weighted by atomic mass is 16.5. The first kappa shape index (κ1) is 13.9. The van der Waals surface area contributed by atoms with Crippen LogP contribution in [0.4, 0.5) is 5.69 Å². The van der Waals surface area contributed by atoms with Crippen LogP contribution < -0.4 is 15.4 Å². The summed E-state index contributed by atoms with van der Waals surface area (Å²) in [5, 5.41) is 6.29. The number of anilines is 1. The van der Waals surface area contributed by atoms with Gasteiger partial charge in [-0.3, -0.25) is 4.79 Å². The Morgan fingerprint density at radius 3 is 2.63 bits per heavy atom. The predicted molar refractivity (Wildman–Crippen MR) is 76.7 cm³/mol. The van der Waals surface area contributed by atoms with Gasteiger partial charge >= 0.3 is 0 Å². The van der Waals surface area contributed by atoms with E-state index in [0.29, 0.717) is 0 Å². The minimum Gasteiger partial charge on any atom is -0.494 e. The zero-order valence-electron chi connectivity index (χ0n) is 11.9. The molecule has 1 aliphatic rings. The zero-order valence-corrected chi connectivity index (χ0v) is 11.9. The standard InChI is InChI=1S/C15H22N2O2/c1-10-8-11(2)14(19-3)13(9-10)17-15(18)12-4-6-16-7-5-12/h8-9,12,16H,4-7H2,1-3H3,(H,17,18). The Labute approximate surface area is 114 Å². The fourth-order valence-corrected chi connectivity index (χ4v) is 2.64. The van der Waals surface area contributed by atoms with Crippen molar-refractivity contribution in [2.24, 2.45) is 5.92 Å². The minimum absolute atomic E-state index is 0.102. The number of methoxy groups -OCH3 is 1. The summed E-state index contributed by atoms with van der Waals surface area (Å²) in [6, 6.07) is 4.02. The van der Waals surface area contributed by atoms with Crippen molar-refractivity contribution in [2.45, 2.75) is 26.7 Å². The summed E-state index contributed by atoms with van der Waals surface area (Å²) in [5.74, 6) is 0.962. The van der Waals surface area contributed by atoms with Gasteiger partial charge in [0, 0.05) is 5.92 Å². The van der Waals surface area contributed by atoms with Gasteiger partial charge in [-0.2, -0.15) is 0 Å². The van der Waals surface area contributed by atoms with Gasteiger partial charge in [0.15, 0.2) is 0 Å². The summed E-state index contributed by atoms with van der Waals surface area (Å²) in [6.45, 7) is 5.85. The van der Waals surface area contributed by atoms with Gasteiger partial charge in [-0.25, -0.2) is 0 Å². The molecule has 2 rings (SSSR count). The van der Waals surface area contributed by atoms with E-state index in [4.69, 9.17) is 4.74 Å². The number of rotatable bonds is 3. The molecule has 1 aromatic carbocycles. The quantitative estimate of drug-likeness (QED) is 0.878. The summed E-state index contributed by atoms with van der Waals surface area (Å²) in [5.41, 5.74) is 2.95. The molecule has 0 unspecified atom stereocenters. The van der Waals surface area contributed by atoms with Crippen LogP contribution in [-0.2, 0) is 4.79 Å². The van der Waals surface area contributed by atoms with E-state index >= 15 is 0 Å². The Morgan fingerprint density at radius 2 is 2.00 bits per heavy atom. The van der Waals surface area contributed by atoms with Crippen LogP contribution in [0.15, 0.2) is 12.1 Å². The van der Waals surface area contributed by atoms with E-state index in [9.17, 15) is 4.79 Å². The number of ether oxygens (including phenoxy) is 1. The molecule has 0 saturated carbocycles. The summed E-state index contributed by atoms with van der Waals surface area (Å²) < 4.78 is 5.39. The van der Waals surface area contributed by atoms with Gasteiger partial charge in [0.2, 0.25) is 5.91 Å². The number of benzene rings is 1. The lowest BCUT2D eigenvalue weighted by Gasteiger charge is -2.22. The Morgan fingerprint density at radius 1 is 1.32 bits per heavy atom. The SMILES string of the molecule is COc1c(C)cc(C)cc1NC(=O)C1CCNCC1. The van der Waals surface area contributed by atoms with Gasteiger partial charge in [0.1, 0.15) is 5.75 Å². The van der Waals surface area contributed by atoms with E-state index in [-0.39, 0.29) is 11.8 Å². The second kappa shape index (κ2) is 6.06. The molecule has 1 aromatic rings. The third-order valence-corrected chi connectivity index (χ3v) is 3.59. The number of carbonyl (C=O) groups is 1. The highest BCUT2D eigenvalue weighted by Gasteiger charge is 2.22. The van der Waals surface area contributed by atoms with Gasteiger partial charge in [0.25, 0.3) is 0 Å². The lowest BCUT2D eigenvalue weighted by molar-refractivity contribution is -0.120. The van der Waals surface area contributed by atoms with Gasteiger partial charge in [0.05, 0.1) is 12.8 Å². The van der Waals surface area contributed by atoms with Crippen LogP contribution in [-0.4, -0.2) is 26.1 Å². The number of carbonyl (C=O) groups excluding carboxylic acids is 1. The van der Waals surface area contributed by atoms with E-state index in [1.165, 1.54) is 0 Å². The first-order valence-electron chi connectivity index (χ1n) is 6.78. The van der Waals surface area contributed by atoms with E-state index in [0.717, 1.165) is 48.5 Å². The topological polar surface area (TPSA) is 50.4 Å². The number of hydrogen-bond acceptors (Lipinski definition) is 3. The second-order valence-electron chi connectivity index (χ2n) is 5.18. The van der Waals surface area contributed by atoms with Crippen LogP contribution in [0.3, 0.4) is 0 Å². The summed E-state index contributed by atoms with van der Waals surface area (Å²) in [7, 11) is 1.64. The normalized spacial score (nSPS) is 16.2. The molecule has 0 aromatic heterocycles. The Balaban J connectivity index is 2.15. The summed E-state index contributed by atoms with van der Waals surface area (Å²) >= 11 is 0. The average molecular weight is 262 g/mol. The Hall–Kier alpha value is -1.55. The highest BCUT2D eigenvalue weighted by molar-refractivity contribution is 5.94. The third kappa shape index (κ3) is 3.26. The molecule has 2 N–H and O–H groups in total. The zero-order chi connectivity index (χ0) is 13.8. The fourth-order valence-electron chi connectivity index (χ4n) is 2.64. The van der Waals surface area contributed by atoms with E-state index in [1.807, 2.05) is 19.9 Å². The average Bonchev–Trinajstić information content (AvgIpc) is 2.39. The van der Waals surface area contributed by atoms with Crippen molar-refractivity contribution < 1.29 is 9.53 Å². The molecule has 4 heteroatoms. The van der Waals surface area contributed by atoms with Crippen molar-refractivity contribution in [2.75, 3.05) is 25.5 Å². The molecular weight excluding hydrogens is 240 g/mol. The maximum atomic E-state index is 12.3. The van der Waals surface area contributed by atoms with Crippen molar-refractivity contribution in [1.82, 2.24) is 5.32 Å². The maximum Gasteiger partial charge on any atom is 0.227 e. The van der Waals surface area contributed by atoms with E-state index < -0.39 is 0 Å².